The molecule has 0 aliphatic heterocycles. The van der Waals surface area contributed by atoms with Gasteiger partial charge in [0, 0.05) is 6.07 Å². The number of unbranched alkanes of at least 4 members (excludes halogenated alkanes) is 1. The Hall–Kier alpha value is -1.84. The summed E-state index contributed by atoms with van der Waals surface area (Å²) in [6, 6.07) is 2.83. The van der Waals surface area contributed by atoms with E-state index in [2.05, 4.69) is 4.72 Å². The predicted molar refractivity (Wildman–Crippen MR) is 84.2 cm³/mol. The fourth-order valence-corrected chi connectivity index (χ4v) is 3.20. The molecule has 8 nitrogen and oxygen atoms in total. The molecule has 0 aliphatic rings. The maximum atomic E-state index is 12.4. The van der Waals surface area contributed by atoms with Crippen LogP contribution in [0.1, 0.15) is 19.3 Å². The maximum Gasteiger partial charge on any atom is 0.321 e. The van der Waals surface area contributed by atoms with Crippen molar-refractivity contribution in [3.05, 3.63) is 18.2 Å². The summed E-state index contributed by atoms with van der Waals surface area (Å²) in [7, 11) is -1.18. The van der Waals surface area contributed by atoms with Crippen LogP contribution < -0.4 is 19.9 Å². The van der Waals surface area contributed by atoms with E-state index in [1.807, 2.05) is 0 Å². The fraction of sp³-hybridized carbons (Fsp3) is 0.500. The highest BCUT2D eigenvalue weighted by atomic mass is 32.2. The van der Waals surface area contributed by atoms with Gasteiger partial charge >= 0.3 is 5.97 Å². The van der Waals surface area contributed by atoms with E-state index in [-0.39, 0.29) is 17.1 Å². The number of nitrogens with two attached hydrogens (primary N) is 1. The summed E-state index contributed by atoms with van der Waals surface area (Å²) in [5.74, 6) is -0.611. The van der Waals surface area contributed by atoms with E-state index in [1.54, 1.807) is 0 Å². The number of sulfonamides is 1. The number of hydrogen-bond acceptors (Lipinski definition) is 6. The molecular formula is C14H22N2O6S. The summed E-state index contributed by atoms with van der Waals surface area (Å²) in [6.07, 6.45) is 1.31. The summed E-state index contributed by atoms with van der Waals surface area (Å²) in [6.45, 7) is 0.425. The van der Waals surface area contributed by atoms with Crippen LogP contribution in [0, 0.1) is 0 Å². The quantitative estimate of drug-likeness (QED) is 0.528. The van der Waals surface area contributed by atoms with E-state index in [0.717, 1.165) is 0 Å². The van der Waals surface area contributed by atoms with E-state index in [4.69, 9.17) is 20.3 Å². The van der Waals surface area contributed by atoms with Gasteiger partial charge in [-0.05, 0) is 31.5 Å². The molecule has 0 spiro atoms. The summed E-state index contributed by atoms with van der Waals surface area (Å²) < 4.78 is 37.0. The number of carboxylic acid groups (broad SMARTS) is 1. The minimum absolute atomic E-state index is 0.0970. The number of carbonyl (C=O) groups is 1. The highest BCUT2D eigenvalue weighted by Crippen LogP contribution is 2.29. The number of ether oxygens (including phenoxy) is 2. The van der Waals surface area contributed by atoms with Crippen LogP contribution in [0.15, 0.2) is 23.1 Å². The van der Waals surface area contributed by atoms with Gasteiger partial charge in [-0.1, -0.05) is 6.42 Å². The normalized spacial score (nSPS) is 12.7. The Labute approximate surface area is 135 Å². The third-order valence-electron chi connectivity index (χ3n) is 3.21. The van der Waals surface area contributed by atoms with Gasteiger partial charge in [0.15, 0.2) is 11.5 Å². The smallest absolute Gasteiger partial charge is 0.321 e. The topological polar surface area (TPSA) is 128 Å². The van der Waals surface area contributed by atoms with Gasteiger partial charge in [-0.15, -0.1) is 0 Å². The number of hydrogen-bond donors (Lipinski definition) is 3. The van der Waals surface area contributed by atoms with Gasteiger partial charge in [-0.3, -0.25) is 4.79 Å². The molecule has 1 aromatic rings. The minimum Gasteiger partial charge on any atom is -0.493 e. The predicted octanol–water partition coefficient (Wildman–Crippen LogP) is 0.564. The van der Waals surface area contributed by atoms with Crippen molar-refractivity contribution in [1.82, 2.24) is 4.72 Å². The number of carboxylic acids is 1. The molecule has 0 aliphatic carbocycles. The zero-order chi connectivity index (χ0) is 17.5. The second-order valence-electron chi connectivity index (χ2n) is 4.81. The molecule has 9 heteroatoms. The number of benzene rings is 1. The number of nitrogens with one attached hydrogen (secondary N) is 1. The van der Waals surface area contributed by atoms with E-state index < -0.39 is 22.0 Å². The fourth-order valence-electron chi connectivity index (χ4n) is 1.96. The van der Waals surface area contributed by atoms with Crippen molar-refractivity contribution in [2.45, 2.75) is 30.2 Å². The molecule has 0 heterocycles. The molecule has 0 radical (unpaired) electrons. The van der Waals surface area contributed by atoms with Gasteiger partial charge in [0.25, 0.3) is 0 Å². The Kier molecular flexibility index (Phi) is 7.27. The first kappa shape index (κ1) is 19.2. The van der Waals surface area contributed by atoms with Crippen LogP contribution in [0.3, 0.4) is 0 Å². The van der Waals surface area contributed by atoms with Gasteiger partial charge in [0.05, 0.1) is 19.1 Å². The largest absolute Gasteiger partial charge is 0.493 e. The van der Waals surface area contributed by atoms with Crippen molar-refractivity contribution >= 4 is 16.0 Å². The van der Waals surface area contributed by atoms with Gasteiger partial charge in [-0.25, -0.2) is 8.42 Å². The molecule has 0 saturated carbocycles. The van der Waals surface area contributed by atoms with Crippen molar-refractivity contribution in [3.63, 3.8) is 0 Å². The van der Waals surface area contributed by atoms with Crippen LogP contribution in [-0.4, -0.2) is 46.3 Å². The van der Waals surface area contributed by atoms with Crippen LogP contribution in [0.25, 0.3) is 0 Å². The Balaban J connectivity index is 2.98. The molecule has 0 saturated heterocycles. The van der Waals surface area contributed by atoms with Gasteiger partial charge in [0.2, 0.25) is 10.0 Å². The van der Waals surface area contributed by atoms with Crippen molar-refractivity contribution < 1.29 is 27.8 Å². The highest BCUT2D eigenvalue weighted by Gasteiger charge is 2.25. The van der Waals surface area contributed by atoms with E-state index in [1.165, 1.54) is 32.4 Å². The van der Waals surface area contributed by atoms with Crippen LogP contribution in [0.4, 0.5) is 0 Å². The lowest BCUT2D eigenvalue weighted by atomic mass is 10.1. The first-order valence-corrected chi connectivity index (χ1v) is 8.51. The monoisotopic (exact) mass is 346 g/mol. The molecule has 0 amide bonds. The van der Waals surface area contributed by atoms with Crippen LogP contribution in [0.5, 0.6) is 11.5 Å². The zero-order valence-electron chi connectivity index (χ0n) is 13.1. The molecule has 4 N–H and O–H groups in total. The van der Waals surface area contributed by atoms with Gasteiger partial charge in [-0.2, -0.15) is 4.72 Å². The second-order valence-corrected chi connectivity index (χ2v) is 6.53. The Morgan fingerprint density at radius 3 is 2.43 bits per heavy atom. The Morgan fingerprint density at radius 2 is 1.91 bits per heavy atom. The molecular weight excluding hydrogens is 324 g/mol. The SMILES string of the molecule is COc1ccc(S(=O)(=O)NC(CCCCN)C(=O)O)cc1OC. The lowest BCUT2D eigenvalue weighted by Gasteiger charge is -2.15. The number of rotatable bonds is 10. The standard InChI is InChI=1S/C14H22N2O6S/c1-21-12-7-6-10(9-13(12)22-2)23(19,20)16-11(14(17)18)5-3-4-8-15/h6-7,9,11,16H,3-5,8,15H2,1-2H3,(H,17,18). The molecule has 1 atom stereocenters. The van der Waals surface area contributed by atoms with Crippen LogP contribution in [-0.2, 0) is 14.8 Å². The van der Waals surface area contributed by atoms with Crippen LogP contribution >= 0.6 is 0 Å². The van der Waals surface area contributed by atoms with Crippen molar-refractivity contribution in [3.8, 4) is 11.5 Å². The third kappa shape index (κ3) is 5.38. The molecule has 0 bridgehead atoms. The van der Waals surface area contributed by atoms with Gasteiger partial charge in [0.1, 0.15) is 6.04 Å². The summed E-state index contributed by atoms with van der Waals surface area (Å²) in [4.78, 5) is 11.1. The van der Waals surface area contributed by atoms with Crippen molar-refractivity contribution in [2.75, 3.05) is 20.8 Å². The van der Waals surface area contributed by atoms with Crippen molar-refractivity contribution in [2.24, 2.45) is 5.73 Å². The average Bonchev–Trinajstić information content (AvgIpc) is 2.53. The molecule has 130 valence electrons. The van der Waals surface area contributed by atoms with E-state index in [0.29, 0.717) is 25.1 Å². The lowest BCUT2D eigenvalue weighted by molar-refractivity contribution is -0.139. The maximum absolute atomic E-state index is 12.4. The number of methoxy groups -OCH3 is 2. The summed E-state index contributed by atoms with van der Waals surface area (Å²) in [5.41, 5.74) is 5.36. The number of aliphatic carboxylic acids is 1. The van der Waals surface area contributed by atoms with E-state index >= 15 is 0 Å². The van der Waals surface area contributed by atoms with Gasteiger partial charge < -0.3 is 20.3 Å². The Morgan fingerprint density at radius 1 is 1.26 bits per heavy atom. The minimum atomic E-state index is -4.00. The molecule has 23 heavy (non-hydrogen) atoms. The van der Waals surface area contributed by atoms with Crippen molar-refractivity contribution in [1.29, 1.82) is 0 Å². The summed E-state index contributed by atoms with van der Waals surface area (Å²) in [5, 5.41) is 9.16. The van der Waals surface area contributed by atoms with E-state index in [9.17, 15) is 13.2 Å². The molecule has 1 rings (SSSR count). The molecule has 0 aromatic heterocycles. The average molecular weight is 346 g/mol. The molecule has 0 fully saturated rings. The third-order valence-corrected chi connectivity index (χ3v) is 4.68. The molecule has 1 aromatic carbocycles. The second kappa shape index (κ2) is 8.70. The highest BCUT2D eigenvalue weighted by molar-refractivity contribution is 7.89. The Bertz CT molecular complexity index is 632. The first-order valence-electron chi connectivity index (χ1n) is 7.03. The molecule has 1 unspecified atom stereocenters. The van der Waals surface area contributed by atoms with Crippen LogP contribution in [0.2, 0.25) is 0 Å². The zero-order valence-corrected chi connectivity index (χ0v) is 13.9. The first-order chi connectivity index (χ1) is 10.9. The summed E-state index contributed by atoms with van der Waals surface area (Å²) >= 11 is 0. The lowest BCUT2D eigenvalue weighted by Crippen LogP contribution is -2.40.